The Balaban J connectivity index is 2.01. The van der Waals surface area contributed by atoms with Gasteiger partial charge in [-0.2, -0.15) is 0 Å². The van der Waals surface area contributed by atoms with E-state index in [2.05, 4.69) is 19.9 Å². The van der Waals surface area contributed by atoms with Crippen LogP contribution >= 0.6 is 0 Å². The van der Waals surface area contributed by atoms with Gasteiger partial charge >= 0.3 is 0 Å². The summed E-state index contributed by atoms with van der Waals surface area (Å²) in [4.78, 5) is 0. The van der Waals surface area contributed by atoms with E-state index >= 15 is 0 Å². The lowest BCUT2D eigenvalue weighted by Gasteiger charge is -2.33. The first-order chi connectivity index (χ1) is 4.77. The van der Waals surface area contributed by atoms with E-state index in [1.807, 2.05) is 0 Å². The smallest absolute Gasteiger partial charge is 0.0110 e. The molecule has 10 heavy (non-hydrogen) atoms. The Labute approximate surface area is 62.3 Å². The summed E-state index contributed by atoms with van der Waals surface area (Å²) in [6.07, 6.45) is 5.35. The lowest BCUT2D eigenvalue weighted by molar-refractivity contribution is 0.188. The normalized spacial score (nSPS) is 65.8. The Morgan fingerprint density at radius 2 is 2.40 bits per heavy atom. The fourth-order valence-electron chi connectivity index (χ4n) is 3.79. The summed E-state index contributed by atoms with van der Waals surface area (Å²) in [5.41, 5.74) is 2.59. The van der Waals surface area contributed by atoms with Crippen LogP contribution in [-0.2, 0) is 0 Å². The SMILES string of the molecule is C/C=C1/C[C@H]2CC3(C)C1[C@@H]23. The standard InChI is InChI=1S/C10H14/c1-3-6-4-7-5-10(2)8(6)9(7)10/h3,7-9H,4-5H2,1-2H3/b6-3-/t7-,8?,9+,10?/m0/s1. The van der Waals surface area contributed by atoms with Crippen molar-refractivity contribution in [2.75, 3.05) is 0 Å². The second kappa shape index (κ2) is 1.22. The molecule has 3 rings (SSSR count). The van der Waals surface area contributed by atoms with Crippen LogP contribution < -0.4 is 0 Å². The van der Waals surface area contributed by atoms with Gasteiger partial charge in [0, 0.05) is 0 Å². The zero-order valence-corrected chi connectivity index (χ0v) is 6.72. The Morgan fingerprint density at radius 1 is 1.60 bits per heavy atom. The zero-order chi connectivity index (χ0) is 6.93. The maximum absolute atomic E-state index is 2.47. The first kappa shape index (κ1) is 5.40. The molecule has 0 spiro atoms. The average Bonchev–Trinajstić information content (AvgIpc) is 2.30. The summed E-state index contributed by atoms with van der Waals surface area (Å²) < 4.78 is 0. The lowest BCUT2D eigenvalue weighted by Crippen LogP contribution is -2.25. The molecule has 0 aromatic carbocycles. The van der Waals surface area contributed by atoms with Crippen molar-refractivity contribution in [1.82, 2.24) is 0 Å². The Kier molecular flexibility index (Phi) is 0.657. The van der Waals surface area contributed by atoms with E-state index in [0.29, 0.717) is 0 Å². The summed E-state index contributed by atoms with van der Waals surface area (Å²) in [7, 11) is 0. The molecular formula is C10H14. The van der Waals surface area contributed by atoms with E-state index in [-0.39, 0.29) is 0 Å². The number of allylic oxidation sites excluding steroid dienone is 2. The van der Waals surface area contributed by atoms with Gasteiger partial charge in [0.2, 0.25) is 0 Å². The van der Waals surface area contributed by atoms with Crippen molar-refractivity contribution in [2.24, 2.45) is 23.2 Å². The monoisotopic (exact) mass is 134 g/mol. The van der Waals surface area contributed by atoms with Gasteiger partial charge < -0.3 is 0 Å². The molecule has 0 N–H and O–H groups in total. The van der Waals surface area contributed by atoms with Gasteiger partial charge in [-0.3, -0.25) is 0 Å². The molecule has 0 bridgehead atoms. The van der Waals surface area contributed by atoms with Crippen molar-refractivity contribution < 1.29 is 0 Å². The van der Waals surface area contributed by atoms with Crippen LogP contribution in [0.1, 0.15) is 26.7 Å². The van der Waals surface area contributed by atoms with Crippen LogP contribution in [0.3, 0.4) is 0 Å². The van der Waals surface area contributed by atoms with Crippen molar-refractivity contribution in [3.05, 3.63) is 11.6 Å². The Hall–Kier alpha value is -0.260. The molecule has 3 fully saturated rings. The molecule has 0 heterocycles. The topological polar surface area (TPSA) is 0 Å². The first-order valence-electron chi connectivity index (χ1n) is 4.42. The van der Waals surface area contributed by atoms with Crippen LogP contribution in [0, 0.1) is 23.2 Å². The van der Waals surface area contributed by atoms with Gasteiger partial charge in [0.05, 0.1) is 0 Å². The molecular weight excluding hydrogens is 120 g/mol. The highest BCUT2D eigenvalue weighted by atomic mass is 14.8. The maximum atomic E-state index is 2.47. The summed E-state index contributed by atoms with van der Waals surface area (Å²) >= 11 is 0. The summed E-state index contributed by atoms with van der Waals surface area (Å²) in [5.74, 6) is 3.29. The quantitative estimate of drug-likeness (QED) is 0.447. The summed E-state index contributed by atoms with van der Waals surface area (Å²) in [5, 5.41) is 0. The Bertz CT molecular complexity index is 226. The average molecular weight is 134 g/mol. The van der Waals surface area contributed by atoms with E-state index < -0.39 is 0 Å². The third-order valence-electron chi connectivity index (χ3n) is 4.20. The van der Waals surface area contributed by atoms with Crippen molar-refractivity contribution in [1.29, 1.82) is 0 Å². The molecule has 54 valence electrons. The molecule has 3 saturated carbocycles. The third kappa shape index (κ3) is 0.328. The molecule has 0 aliphatic heterocycles. The second-order valence-corrected chi connectivity index (χ2v) is 4.54. The molecule has 2 unspecified atom stereocenters. The fraction of sp³-hybridized carbons (Fsp3) is 0.800. The van der Waals surface area contributed by atoms with Gasteiger partial charge in [-0.1, -0.05) is 18.6 Å². The number of rotatable bonds is 0. The van der Waals surface area contributed by atoms with E-state index in [1.165, 1.54) is 6.42 Å². The number of hydrogen-bond donors (Lipinski definition) is 0. The van der Waals surface area contributed by atoms with Crippen molar-refractivity contribution in [3.63, 3.8) is 0 Å². The van der Waals surface area contributed by atoms with E-state index in [9.17, 15) is 0 Å². The van der Waals surface area contributed by atoms with Crippen LogP contribution in [0.4, 0.5) is 0 Å². The van der Waals surface area contributed by atoms with Crippen molar-refractivity contribution in [2.45, 2.75) is 26.7 Å². The fourth-order valence-corrected chi connectivity index (χ4v) is 3.79. The van der Waals surface area contributed by atoms with Crippen molar-refractivity contribution in [3.8, 4) is 0 Å². The number of fused-ring (bicyclic) bond motifs is 1. The largest absolute Gasteiger partial charge is 0.0881 e. The second-order valence-electron chi connectivity index (χ2n) is 4.54. The highest BCUT2D eigenvalue weighted by Gasteiger charge is 2.76. The van der Waals surface area contributed by atoms with Gasteiger partial charge in [0.25, 0.3) is 0 Å². The highest BCUT2D eigenvalue weighted by Crippen LogP contribution is 2.82. The molecule has 0 nitrogen and oxygen atoms in total. The van der Waals surface area contributed by atoms with E-state index in [1.54, 1.807) is 12.0 Å². The van der Waals surface area contributed by atoms with Crippen LogP contribution in [0.25, 0.3) is 0 Å². The molecule has 0 saturated heterocycles. The van der Waals surface area contributed by atoms with E-state index in [4.69, 9.17) is 0 Å². The highest BCUT2D eigenvalue weighted by molar-refractivity contribution is 5.38. The lowest BCUT2D eigenvalue weighted by atomic mass is 9.71. The molecule has 0 radical (unpaired) electrons. The predicted octanol–water partition coefficient (Wildman–Crippen LogP) is 2.61. The summed E-state index contributed by atoms with van der Waals surface area (Å²) in [6, 6.07) is 0. The van der Waals surface area contributed by atoms with Crippen LogP contribution in [0.5, 0.6) is 0 Å². The van der Waals surface area contributed by atoms with E-state index in [0.717, 1.165) is 23.2 Å². The molecule has 0 heteroatoms. The van der Waals surface area contributed by atoms with Gasteiger partial charge in [-0.25, -0.2) is 0 Å². The molecule has 3 aliphatic rings. The van der Waals surface area contributed by atoms with Gasteiger partial charge in [-0.15, -0.1) is 0 Å². The van der Waals surface area contributed by atoms with Crippen LogP contribution in [-0.4, -0.2) is 0 Å². The summed E-state index contributed by atoms with van der Waals surface area (Å²) in [6.45, 7) is 4.68. The maximum Gasteiger partial charge on any atom is -0.0110 e. The first-order valence-corrected chi connectivity index (χ1v) is 4.42. The molecule has 0 amide bonds. The third-order valence-corrected chi connectivity index (χ3v) is 4.20. The number of hydrogen-bond acceptors (Lipinski definition) is 0. The minimum atomic E-state index is 0.810. The van der Waals surface area contributed by atoms with Crippen LogP contribution in [0.15, 0.2) is 11.6 Å². The molecule has 0 aromatic heterocycles. The predicted molar refractivity (Wildman–Crippen MR) is 41.6 cm³/mol. The Morgan fingerprint density at radius 3 is 2.80 bits per heavy atom. The minimum Gasteiger partial charge on any atom is -0.0881 e. The zero-order valence-electron chi connectivity index (χ0n) is 6.72. The molecule has 4 atom stereocenters. The van der Waals surface area contributed by atoms with Gasteiger partial charge in [0.1, 0.15) is 0 Å². The van der Waals surface area contributed by atoms with Crippen LogP contribution in [0.2, 0.25) is 0 Å². The molecule has 3 aliphatic carbocycles. The van der Waals surface area contributed by atoms with Gasteiger partial charge in [-0.05, 0) is 42.9 Å². The van der Waals surface area contributed by atoms with Gasteiger partial charge in [0.15, 0.2) is 0 Å². The molecule has 0 aromatic rings. The van der Waals surface area contributed by atoms with Crippen molar-refractivity contribution >= 4 is 0 Å². The minimum absolute atomic E-state index is 0.810.